The molecular formula is C10H11ClS. The van der Waals surface area contributed by atoms with Crippen LogP contribution in [0.1, 0.15) is 18.1 Å². The summed E-state index contributed by atoms with van der Waals surface area (Å²) >= 11 is 10.5. The van der Waals surface area contributed by atoms with Crippen LogP contribution in [0.4, 0.5) is 0 Å². The summed E-state index contributed by atoms with van der Waals surface area (Å²) < 4.78 is 0.531. The van der Waals surface area contributed by atoms with Crippen molar-refractivity contribution >= 4 is 28.1 Å². The van der Waals surface area contributed by atoms with Crippen LogP contribution in [0.5, 0.6) is 0 Å². The molecule has 0 aliphatic rings. The minimum Gasteiger partial charge on any atom is -0.0761 e. The van der Waals surface area contributed by atoms with Crippen molar-refractivity contribution in [2.75, 3.05) is 0 Å². The number of benzene rings is 1. The smallest absolute Gasteiger partial charge is 0.0761 e. The Bertz CT molecular complexity index is 281. The van der Waals surface area contributed by atoms with Crippen LogP contribution in [-0.4, -0.2) is 4.32 Å². The molecule has 1 rings (SSSR count). The Balaban J connectivity index is 2.79. The molecule has 0 radical (unpaired) electrons. The fraction of sp³-hybridized carbons (Fsp3) is 0.300. The second-order valence-electron chi connectivity index (χ2n) is 2.71. The largest absolute Gasteiger partial charge is 0.0852 e. The van der Waals surface area contributed by atoms with E-state index in [1.54, 1.807) is 0 Å². The van der Waals surface area contributed by atoms with E-state index in [4.69, 9.17) is 23.8 Å². The third-order valence-electron chi connectivity index (χ3n) is 1.74. The first-order valence-corrected chi connectivity index (χ1v) is 4.77. The van der Waals surface area contributed by atoms with E-state index in [2.05, 4.69) is 19.1 Å². The molecule has 0 aromatic heterocycles. The van der Waals surface area contributed by atoms with Gasteiger partial charge >= 0.3 is 0 Å². The van der Waals surface area contributed by atoms with Crippen molar-refractivity contribution < 1.29 is 0 Å². The lowest BCUT2D eigenvalue weighted by Gasteiger charge is -2.00. The van der Waals surface area contributed by atoms with Crippen LogP contribution in [0.25, 0.3) is 0 Å². The van der Waals surface area contributed by atoms with E-state index in [-0.39, 0.29) is 0 Å². The number of hydrogen-bond acceptors (Lipinski definition) is 1. The van der Waals surface area contributed by atoms with Gasteiger partial charge in [-0.3, -0.25) is 0 Å². The summed E-state index contributed by atoms with van der Waals surface area (Å²) in [6, 6.07) is 8.35. The lowest BCUT2D eigenvalue weighted by Crippen LogP contribution is -1.92. The lowest BCUT2D eigenvalue weighted by atomic mass is 10.1. The highest BCUT2D eigenvalue weighted by Gasteiger charge is 1.96. The van der Waals surface area contributed by atoms with Crippen LogP contribution >= 0.6 is 23.8 Å². The number of thiocarbonyl (C=S) groups is 1. The van der Waals surface area contributed by atoms with Gasteiger partial charge in [-0.25, -0.2) is 0 Å². The third kappa shape index (κ3) is 2.92. The van der Waals surface area contributed by atoms with Crippen molar-refractivity contribution in [3.63, 3.8) is 0 Å². The van der Waals surface area contributed by atoms with Crippen LogP contribution in [0.3, 0.4) is 0 Å². The monoisotopic (exact) mass is 198 g/mol. The first-order valence-electron chi connectivity index (χ1n) is 3.98. The highest BCUT2D eigenvalue weighted by atomic mass is 35.5. The summed E-state index contributed by atoms with van der Waals surface area (Å²) in [5.74, 6) is 0. The topological polar surface area (TPSA) is 0 Å². The second kappa shape index (κ2) is 4.58. The maximum atomic E-state index is 5.64. The van der Waals surface area contributed by atoms with E-state index in [0.29, 0.717) is 10.7 Å². The van der Waals surface area contributed by atoms with Crippen molar-refractivity contribution in [1.29, 1.82) is 0 Å². The average Bonchev–Trinajstić information content (AvgIpc) is 2.03. The van der Waals surface area contributed by atoms with Gasteiger partial charge in [-0.15, -0.1) is 0 Å². The highest BCUT2D eigenvalue weighted by Crippen LogP contribution is 2.08. The molecule has 1 aromatic rings. The van der Waals surface area contributed by atoms with Crippen molar-refractivity contribution in [1.82, 2.24) is 0 Å². The van der Waals surface area contributed by atoms with Gasteiger partial charge in [0.15, 0.2) is 0 Å². The molecule has 0 saturated heterocycles. The summed E-state index contributed by atoms with van der Waals surface area (Å²) in [7, 11) is 0. The van der Waals surface area contributed by atoms with E-state index in [0.717, 1.165) is 6.42 Å². The molecule has 1 aromatic carbocycles. The zero-order valence-corrected chi connectivity index (χ0v) is 8.58. The summed E-state index contributed by atoms with van der Waals surface area (Å²) in [5, 5.41) is 0. The van der Waals surface area contributed by atoms with Crippen molar-refractivity contribution in [2.45, 2.75) is 19.8 Å². The Kier molecular flexibility index (Phi) is 3.70. The predicted octanol–water partition coefficient (Wildman–Crippen LogP) is 3.36. The Labute approximate surface area is 83.6 Å². The summed E-state index contributed by atoms with van der Waals surface area (Å²) in [6.45, 7) is 2.14. The van der Waals surface area contributed by atoms with Crippen LogP contribution < -0.4 is 0 Å². The minimum atomic E-state index is 0.531. The van der Waals surface area contributed by atoms with E-state index in [9.17, 15) is 0 Å². The van der Waals surface area contributed by atoms with E-state index in [1.807, 2.05) is 12.1 Å². The molecule has 0 saturated carbocycles. The molecule has 0 bridgehead atoms. The zero-order chi connectivity index (χ0) is 8.97. The van der Waals surface area contributed by atoms with Crippen LogP contribution in [0, 0.1) is 0 Å². The first-order chi connectivity index (χ1) is 5.72. The summed E-state index contributed by atoms with van der Waals surface area (Å²) in [6.07, 6.45) is 1.76. The summed E-state index contributed by atoms with van der Waals surface area (Å²) in [5.41, 5.74) is 2.54. The van der Waals surface area contributed by atoms with Gasteiger partial charge in [0.2, 0.25) is 0 Å². The number of hydrogen-bond donors (Lipinski definition) is 0. The first kappa shape index (κ1) is 9.69. The molecule has 64 valence electrons. The fourth-order valence-corrected chi connectivity index (χ4v) is 1.44. The molecule has 0 fully saturated rings. The van der Waals surface area contributed by atoms with Gasteiger partial charge in [0.05, 0.1) is 4.32 Å². The minimum absolute atomic E-state index is 0.531. The van der Waals surface area contributed by atoms with Crippen molar-refractivity contribution in [2.24, 2.45) is 0 Å². The Morgan fingerprint density at radius 2 is 2.08 bits per heavy atom. The maximum absolute atomic E-state index is 5.64. The van der Waals surface area contributed by atoms with E-state index < -0.39 is 0 Å². The van der Waals surface area contributed by atoms with Crippen LogP contribution in [0.2, 0.25) is 0 Å². The van der Waals surface area contributed by atoms with E-state index >= 15 is 0 Å². The second-order valence-corrected chi connectivity index (χ2v) is 3.88. The highest BCUT2D eigenvalue weighted by molar-refractivity contribution is 7.83. The maximum Gasteiger partial charge on any atom is 0.0852 e. The van der Waals surface area contributed by atoms with E-state index in [1.165, 1.54) is 11.1 Å². The van der Waals surface area contributed by atoms with Gasteiger partial charge in [-0.2, -0.15) is 0 Å². The number of aryl methyl sites for hydroxylation is 1. The molecule has 0 N–H and O–H groups in total. The lowest BCUT2D eigenvalue weighted by molar-refractivity contribution is 1.13. The molecule has 0 aliphatic heterocycles. The Morgan fingerprint density at radius 3 is 2.67 bits per heavy atom. The van der Waals surface area contributed by atoms with Gasteiger partial charge in [0.1, 0.15) is 0 Å². The molecular weight excluding hydrogens is 188 g/mol. The normalized spacial score (nSPS) is 9.83. The van der Waals surface area contributed by atoms with Crippen molar-refractivity contribution in [3.05, 3.63) is 35.4 Å². The molecule has 0 nitrogen and oxygen atoms in total. The van der Waals surface area contributed by atoms with Crippen molar-refractivity contribution in [3.8, 4) is 0 Å². The molecule has 0 amide bonds. The van der Waals surface area contributed by atoms with Gasteiger partial charge < -0.3 is 0 Å². The predicted molar refractivity (Wildman–Crippen MR) is 58.0 cm³/mol. The quantitative estimate of drug-likeness (QED) is 0.530. The van der Waals surface area contributed by atoms with Gasteiger partial charge in [-0.05, 0) is 17.5 Å². The Hall–Kier alpha value is -0.400. The number of rotatable bonds is 3. The van der Waals surface area contributed by atoms with Crippen LogP contribution in [-0.2, 0) is 12.8 Å². The average molecular weight is 199 g/mol. The molecule has 0 atom stereocenters. The molecule has 0 aliphatic carbocycles. The molecule has 2 heteroatoms. The molecule has 12 heavy (non-hydrogen) atoms. The molecule has 0 spiro atoms. The van der Waals surface area contributed by atoms with Gasteiger partial charge in [0.25, 0.3) is 0 Å². The fourth-order valence-electron chi connectivity index (χ4n) is 1.12. The summed E-state index contributed by atoms with van der Waals surface area (Å²) in [4.78, 5) is 0. The van der Waals surface area contributed by atoms with Gasteiger partial charge in [-0.1, -0.05) is 55.0 Å². The molecule has 0 heterocycles. The van der Waals surface area contributed by atoms with Crippen LogP contribution in [0.15, 0.2) is 24.3 Å². The number of halogens is 1. The Morgan fingerprint density at radius 1 is 1.42 bits per heavy atom. The van der Waals surface area contributed by atoms with Gasteiger partial charge in [0, 0.05) is 6.42 Å². The third-order valence-corrected chi connectivity index (χ3v) is 2.02. The zero-order valence-electron chi connectivity index (χ0n) is 7.01. The standard InChI is InChI=1S/C10H11ClS/c1-2-8-4-3-5-9(6-8)7-10(11)12/h3-6H,2,7H2,1H3. The molecule has 0 unspecified atom stereocenters. The SMILES string of the molecule is CCc1cccc(CC(=S)Cl)c1.